The van der Waals surface area contributed by atoms with E-state index in [0.717, 1.165) is 57.8 Å². The summed E-state index contributed by atoms with van der Waals surface area (Å²) >= 11 is 0. The molecule has 7 unspecified atom stereocenters. The Morgan fingerprint density at radius 2 is 0.938 bits per heavy atom. The molecule has 1 fully saturated rings. The zero-order chi connectivity index (χ0) is 46.6. The highest BCUT2D eigenvalue weighted by atomic mass is 16.7. The van der Waals surface area contributed by atoms with Gasteiger partial charge >= 0.3 is 0 Å². The van der Waals surface area contributed by atoms with E-state index in [4.69, 9.17) is 9.47 Å². The number of carbonyl (C=O) groups excluding carboxylic acids is 1. The lowest BCUT2D eigenvalue weighted by molar-refractivity contribution is -0.302. The van der Waals surface area contributed by atoms with Gasteiger partial charge in [-0.15, -0.1) is 0 Å². The first-order valence-corrected chi connectivity index (χ1v) is 26.9. The summed E-state index contributed by atoms with van der Waals surface area (Å²) in [5.41, 5.74) is 0. The highest BCUT2D eigenvalue weighted by molar-refractivity contribution is 5.76. The highest BCUT2D eigenvalue weighted by Crippen LogP contribution is 2.23. The number of nitrogens with one attached hydrogen (secondary N) is 1. The zero-order valence-corrected chi connectivity index (χ0v) is 41.3. The van der Waals surface area contributed by atoms with Crippen LogP contribution in [0.3, 0.4) is 0 Å². The van der Waals surface area contributed by atoms with Crippen LogP contribution >= 0.6 is 0 Å². The van der Waals surface area contributed by atoms with Gasteiger partial charge in [0.15, 0.2) is 6.29 Å². The number of hydrogen-bond acceptors (Lipinski definition) is 8. The van der Waals surface area contributed by atoms with Crippen molar-refractivity contribution < 1.29 is 39.8 Å². The van der Waals surface area contributed by atoms with Crippen molar-refractivity contribution in [2.24, 2.45) is 0 Å². The Kier molecular flexibility index (Phi) is 42.3. The summed E-state index contributed by atoms with van der Waals surface area (Å²) in [7, 11) is 0. The van der Waals surface area contributed by atoms with Crippen LogP contribution in [0.15, 0.2) is 48.6 Å². The topological polar surface area (TPSA) is 149 Å². The van der Waals surface area contributed by atoms with E-state index >= 15 is 0 Å². The average Bonchev–Trinajstić information content (AvgIpc) is 3.29. The second-order valence-corrected chi connectivity index (χ2v) is 18.7. The number of rotatable bonds is 45. The van der Waals surface area contributed by atoms with Crippen molar-refractivity contribution in [3.63, 3.8) is 0 Å². The van der Waals surface area contributed by atoms with Crippen LogP contribution in [0.4, 0.5) is 0 Å². The van der Waals surface area contributed by atoms with E-state index in [1.165, 1.54) is 161 Å². The average molecular weight is 904 g/mol. The molecule has 0 aromatic heterocycles. The summed E-state index contributed by atoms with van der Waals surface area (Å²) in [6.45, 7) is 3.77. The SMILES string of the molecule is CCCCCCCCCCC/C=C\C/C=C\CCCCCCCCCC(=O)NC(COC1OC(CO)C(O)C(O)C1O)C(O)/C=C/CC/C=C/CCCCCCCCCCCCCC. The number of unbranched alkanes of at least 4 members (excludes halogenated alkanes) is 29. The molecule has 1 heterocycles. The van der Waals surface area contributed by atoms with Gasteiger partial charge in [0, 0.05) is 6.42 Å². The van der Waals surface area contributed by atoms with Gasteiger partial charge in [-0.05, 0) is 64.2 Å². The Morgan fingerprint density at radius 3 is 1.41 bits per heavy atom. The molecule has 1 aliphatic rings. The standard InChI is InChI=1S/C55H101NO8/c1-3-5-7-9-11-13-15-17-19-21-23-24-25-26-27-29-31-33-35-37-39-41-43-45-51(59)56-48(47-63-55-54(62)53(61)52(60)50(46-57)64-55)49(58)44-42-40-38-36-34-32-30-28-22-20-18-16-14-12-10-8-6-4-2/h23-24,26-27,34,36,42,44,48-50,52-55,57-58,60-62H,3-22,25,28-33,35,37-41,43,45-47H2,1-2H3,(H,56,59)/b24-23-,27-26-,36-34+,44-42+. The van der Waals surface area contributed by atoms with Crippen LogP contribution in [0.5, 0.6) is 0 Å². The van der Waals surface area contributed by atoms with Crippen molar-refractivity contribution in [3.8, 4) is 0 Å². The maximum Gasteiger partial charge on any atom is 0.220 e. The summed E-state index contributed by atoms with van der Waals surface area (Å²) in [5, 5.41) is 54.4. The molecule has 9 heteroatoms. The van der Waals surface area contributed by atoms with Gasteiger partial charge in [-0.2, -0.15) is 0 Å². The van der Waals surface area contributed by atoms with Crippen molar-refractivity contribution >= 4 is 5.91 Å². The highest BCUT2D eigenvalue weighted by Gasteiger charge is 2.44. The Labute approximate surface area is 393 Å². The first kappa shape index (κ1) is 60.2. The van der Waals surface area contributed by atoms with Crippen molar-refractivity contribution in [2.45, 2.75) is 281 Å². The second-order valence-electron chi connectivity index (χ2n) is 18.7. The van der Waals surface area contributed by atoms with Gasteiger partial charge in [0.05, 0.1) is 25.4 Å². The third-order valence-electron chi connectivity index (χ3n) is 12.6. The molecule has 374 valence electrons. The molecule has 1 saturated heterocycles. The Hall–Kier alpha value is -1.85. The lowest BCUT2D eigenvalue weighted by Crippen LogP contribution is -2.60. The minimum atomic E-state index is -1.57. The first-order chi connectivity index (χ1) is 31.3. The molecule has 9 nitrogen and oxygen atoms in total. The minimum absolute atomic E-state index is 0.194. The lowest BCUT2D eigenvalue weighted by Gasteiger charge is -2.40. The van der Waals surface area contributed by atoms with E-state index < -0.39 is 49.5 Å². The molecule has 64 heavy (non-hydrogen) atoms. The summed E-state index contributed by atoms with van der Waals surface area (Å²) in [5.74, 6) is -0.194. The van der Waals surface area contributed by atoms with Gasteiger partial charge in [-0.1, -0.05) is 217 Å². The molecule has 0 saturated carbocycles. The summed E-state index contributed by atoms with van der Waals surface area (Å²) in [6.07, 6.45) is 51.6. The van der Waals surface area contributed by atoms with Crippen LogP contribution in [-0.4, -0.2) is 87.5 Å². The van der Waals surface area contributed by atoms with E-state index in [0.29, 0.717) is 6.42 Å². The van der Waals surface area contributed by atoms with Gasteiger partial charge in [-0.3, -0.25) is 4.79 Å². The smallest absolute Gasteiger partial charge is 0.220 e. The number of aliphatic hydroxyl groups is 5. The third kappa shape index (κ3) is 34.5. The van der Waals surface area contributed by atoms with Crippen molar-refractivity contribution in [2.75, 3.05) is 13.2 Å². The summed E-state index contributed by atoms with van der Waals surface area (Å²) in [6, 6.07) is -0.827. The third-order valence-corrected chi connectivity index (χ3v) is 12.6. The molecule has 0 aromatic carbocycles. The molecule has 7 atom stereocenters. The largest absolute Gasteiger partial charge is 0.394 e. The van der Waals surface area contributed by atoms with E-state index in [9.17, 15) is 30.3 Å². The number of carbonyl (C=O) groups is 1. The molecular formula is C55H101NO8. The fourth-order valence-corrected chi connectivity index (χ4v) is 8.32. The van der Waals surface area contributed by atoms with Crippen molar-refractivity contribution in [1.29, 1.82) is 0 Å². The summed E-state index contributed by atoms with van der Waals surface area (Å²) < 4.78 is 11.2. The van der Waals surface area contributed by atoms with Gasteiger partial charge in [0.25, 0.3) is 0 Å². The van der Waals surface area contributed by atoms with Crippen molar-refractivity contribution in [1.82, 2.24) is 5.32 Å². The number of amides is 1. The number of aliphatic hydroxyl groups excluding tert-OH is 5. The molecule has 1 rings (SSSR count). The van der Waals surface area contributed by atoms with Crippen LogP contribution < -0.4 is 5.32 Å². The Bertz CT molecular complexity index is 1140. The van der Waals surface area contributed by atoms with Gasteiger partial charge in [0.2, 0.25) is 5.91 Å². The zero-order valence-electron chi connectivity index (χ0n) is 41.3. The molecule has 0 bridgehead atoms. The molecular weight excluding hydrogens is 803 g/mol. The Balaban J connectivity index is 2.30. The molecule has 1 amide bonds. The molecule has 0 aromatic rings. The molecule has 1 aliphatic heterocycles. The van der Waals surface area contributed by atoms with Gasteiger partial charge in [-0.25, -0.2) is 0 Å². The second kappa shape index (κ2) is 45.0. The van der Waals surface area contributed by atoms with E-state index in [1.807, 2.05) is 6.08 Å². The predicted molar refractivity (Wildman–Crippen MR) is 267 cm³/mol. The van der Waals surface area contributed by atoms with E-state index in [-0.39, 0.29) is 12.5 Å². The molecule has 0 radical (unpaired) electrons. The van der Waals surface area contributed by atoms with E-state index in [2.05, 4.69) is 55.6 Å². The summed E-state index contributed by atoms with van der Waals surface area (Å²) in [4.78, 5) is 13.0. The molecule has 6 N–H and O–H groups in total. The Morgan fingerprint density at radius 1 is 0.531 bits per heavy atom. The van der Waals surface area contributed by atoms with Crippen LogP contribution in [0, 0.1) is 0 Å². The first-order valence-electron chi connectivity index (χ1n) is 26.9. The molecule has 0 aliphatic carbocycles. The fraction of sp³-hybridized carbons (Fsp3) is 0.836. The van der Waals surface area contributed by atoms with Crippen LogP contribution in [0.1, 0.15) is 239 Å². The maximum absolute atomic E-state index is 13.0. The monoisotopic (exact) mass is 904 g/mol. The normalized spacial score (nSPS) is 20.4. The maximum atomic E-state index is 13.0. The molecule has 0 spiro atoms. The van der Waals surface area contributed by atoms with Crippen molar-refractivity contribution in [3.05, 3.63) is 48.6 Å². The number of hydrogen-bond donors (Lipinski definition) is 6. The van der Waals surface area contributed by atoms with Gasteiger partial charge < -0.3 is 40.3 Å². The van der Waals surface area contributed by atoms with Gasteiger partial charge in [0.1, 0.15) is 24.4 Å². The van der Waals surface area contributed by atoms with Crippen LogP contribution in [-0.2, 0) is 14.3 Å². The minimum Gasteiger partial charge on any atom is -0.394 e. The quantitative estimate of drug-likeness (QED) is 0.0261. The lowest BCUT2D eigenvalue weighted by atomic mass is 9.99. The number of ether oxygens (including phenoxy) is 2. The van der Waals surface area contributed by atoms with E-state index in [1.54, 1.807) is 6.08 Å². The fourth-order valence-electron chi connectivity index (χ4n) is 8.32. The predicted octanol–water partition coefficient (Wildman–Crippen LogP) is 12.6. The van der Waals surface area contributed by atoms with Crippen LogP contribution in [0.25, 0.3) is 0 Å². The van der Waals surface area contributed by atoms with Crippen LogP contribution in [0.2, 0.25) is 0 Å². The number of allylic oxidation sites excluding steroid dienone is 7.